The van der Waals surface area contributed by atoms with E-state index < -0.39 is 0 Å². The number of aromatic amines is 1. The van der Waals surface area contributed by atoms with Gasteiger partial charge in [0.05, 0.1) is 11.0 Å². The van der Waals surface area contributed by atoms with Crippen LogP contribution >= 0.6 is 0 Å². The number of allylic oxidation sites excluding steroid dienone is 2. The summed E-state index contributed by atoms with van der Waals surface area (Å²) < 4.78 is 0. The first-order valence-corrected chi connectivity index (χ1v) is 11.5. The standard InChI is InChI=1S/C26H30N4O/c31-26(21-14-16-30(17-15-21)18-19-6-2-1-3-7-19)27-22-12-10-20(11-13-22)25-28-23-8-4-5-9-24(23)29-25/h1-2,4-5,8-13,19,21H,3,6-7,14-18H2,(H,27,31)(H,28,29)/t19-/m0/s1. The van der Waals surface area contributed by atoms with E-state index in [4.69, 9.17) is 0 Å². The molecule has 0 unspecified atom stereocenters. The van der Waals surface area contributed by atoms with Gasteiger partial charge in [0.1, 0.15) is 5.82 Å². The highest BCUT2D eigenvalue weighted by atomic mass is 16.1. The van der Waals surface area contributed by atoms with Crippen LogP contribution in [0.3, 0.4) is 0 Å². The van der Waals surface area contributed by atoms with E-state index in [0.29, 0.717) is 0 Å². The van der Waals surface area contributed by atoms with Crippen LogP contribution in [-0.4, -0.2) is 40.4 Å². The Kier molecular flexibility index (Phi) is 5.85. The Morgan fingerprint density at radius 1 is 1.03 bits per heavy atom. The zero-order chi connectivity index (χ0) is 21.0. The summed E-state index contributed by atoms with van der Waals surface area (Å²) in [7, 11) is 0. The summed E-state index contributed by atoms with van der Waals surface area (Å²) >= 11 is 0. The molecule has 0 saturated carbocycles. The van der Waals surface area contributed by atoms with Crippen molar-refractivity contribution >= 4 is 22.6 Å². The maximum Gasteiger partial charge on any atom is 0.227 e. The lowest BCUT2D eigenvalue weighted by Gasteiger charge is -2.34. The molecule has 1 atom stereocenters. The number of nitrogens with one attached hydrogen (secondary N) is 2. The molecule has 1 fully saturated rings. The van der Waals surface area contributed by atoms with Gasteiger partial charge in [0.2, 0.25) is 5.91 Å². The van der Waals surface area contributed by atoms with Crippen LogP contribution in [-0.2, 0) is 4.79 Å². The molecule has 2 aliphatic rings. The number of imidazole rings is 1. The second kappa shape index (κ2) is 9.06. The number of nitrogens with zero attached hydrogens (tertiary/aromatic N) is 2. The SMILES string of the molecule is O=C(Nc1ccc(-c2nc3ccccc3[nH]2)cc1)C1CCN(C[C@H]2CC=CCC2)CC1. The van der Waals surface area contributed by atoms with Gasteiger partial charge in [-0.3, -0.25) is 4.79 Å². The molecule has 5 heteroatoms. The summed E-state index contributed by atoms with van der Waals surface area (Å²) in [5.74, 6) is 1.90. The summed E-state index contributed by atoms with van der Waals surface area (Å²) in [6.45, 7) is 3.24. The van der Waals surface area contributed by atoms with Crippen molar-refractivity contribution in [2.45, 2.75) is 32.1 Å². The Labute approximate surface area is 183 Å². The molecule has 1 aliphatic heterocycles. The Balaban J connectivity index is 1.14. The van der Waals surface area contributed by atoms with Gasteiger partial charge in [0.25, 0.3) is 0 Å². The highest BCUT2D eigenvalue weighted by Gasteiger charge is 2.26. The number of carbonyl (C=O) groups is 1. The largest absolute Gasteiger partial charge is 0.338 e. The van der Waals surface area contributed by atoms with E-state index in [1.165, 1.54) is 25.8 Å². The van der Waals surface area contributed by atoms with E-state index in [-0.39, 0.29) is 11.8 Å². The molecule has 1 saturated heterocycles. The van der Waals surface area contributed by atoms with Crippen LogP contribution in [0.5, 0.6) is 0 Å². The van der Waals surface area contributed by atoms with Gasteiger partial charge in [-0.05, 0) is 87.5 Å². The van der Waals surface area contributed by atoms with Crippen molar-refractivity contribution < 1.29 is 4.79 Å². The van der Waals surface area contributed by atoms with E-state index in [9.17, 15) is 4.79 Å². The third kappa shape index (κ3) is 4.72. The smallest absolute Gasteiger partial charge is 0.227 e. The lowest BCUT2D eigenvalue weighted by molar-refractivity contribution is -0.121. The normalized spacial score (nSPS) is 20.2. The van der Waals surface area contributed by atoms with Crippen molar-refractivity contribution in [2.24, 2.45) is 11.8 Å². The molecule has 1 aromatic heterocycles. The van der Waals surface area contributed by atoms with Gasteiger partial charge >= 0.3 is 0 Å². The second-order valence-corrected chi connectivity index (χ2v) is 8.89. The third-order valence-corrected chi connectivity index (χ3v) is 6.67. The van der Waals surface area contributed by atoms with E-state index in [0.717, 1.165) is 60.0 Å². The quantitative estimate of drug-likeness (QED) is 0.562. The fraction of sp³-hybridized carbons (Fsp3) is 0.385. The van der Waals surface area contributed by atoms with Crippen molar-refractivity contribution in [1.29, 1.82) is 0 Å². The first-order chi connectivity index (χ1) is 15.2. The summed E-state index contributed by atoms with van der Waals surface area (Å²) in [4.78, 5) is 23.3. The number of para-hydroxylation sites is 2. The second-order valence-electron chi connectivity index (χ2n) is 8.89. The van der Waals surface area contributed by atoms with Gasteiger partial charge in [-0.1, -0.05) is 24.3 Å². The maximum absolute atomic E-state index is 12.8. The number of fused-ring (bicyclic) bond motifs is 1. The van der Waals surface area contributed by atoms with Gasteiger partial charge in [-0.2, -0.15) is 0 Å². The molecule has 1 aliphatic carbocycles. The zero-order valence-corrected chi connectivity index (χ0v) is 17.9. The minimum Gasteiger partial charge on any atom is -0.338 e. The summed E-state index contributed by atoms with van der Waals surface area (Å²) in [6.07, 6.45) is 10.3. The minimum absolute atomic E-state index is 0.109. The van der Waals surface area contributed by atoms with Crippen LogP contribution < -0.4 is 5.32 Å². The monoisotopic (exact) mass is 414 g/mol. The first-order valence-electron chi connectivity index (χ1n) is 11.5. The topological polar surface area (TPSA) is 61.0 Å². The van der Waals surface area contributed by atoms with Crippen molar-refractivity contribution in [3.8, 4) is 11.4 Å². The number of amides is 1. The maximum atomic E-state index is 12.8. The number of hydrogen-bond donors (Lipinski definition) is 2. The number of benzene rings is 2. The summed E-state index contributed by atoms with van der Waals surface area (Å²) in [6, 6.07) is 16.0. The van der Waals surface area contributed by atoms with Gasteiger partial charge in [-0.15, -0.1) is 0 Å². The van der Waals surface area contributed by atoms with Crippen LogP contribution in [0.25, 0.3) is 22.4 Å². The molecule has 0 radical (unpaired) electrons. The first kappa shape index (κ1) is 20.0. The highest BCUT2D eigenvalue weighted by Crippen LogP contribution is 2.25. The summed E-state index contributed by atoms with van der Waals surface area (Å²) in [5.41, 5.74) is 3.85. The van der Waals surface area contributed by atoms with Crippen molar-refractivity contribution in [2.75, 3.05) is 25.0 Å². The molecule has 2 N–H and O–H groups in total. The highest BCUT2D eigenvalue weighted by molar-refractivity contribution is 5.93. The Morgan fingerprint density at radius 2 is 1.84 bits per heavy atom. The van der Waals surface area contributed by atoms with Gasteiger partial charge in [0.15, 0.2) is 0 Å². The molecule has 2 heterocycles. The van der Waals surface area contributed by atoms with Crippen LogP contribution in [0.2, 0.25) is 0 Å². The number of hydrogen-bond acceptors (Lipinski definition) is 3. The average molecular weight is 415 g/mol. The number of H-pyrrole nitrogens is 1. The molecule has 160 valence electrons. The third-order valence-electron chi connectivity index (χ3n) is 6.67. The van der Waals surface area contributed by atoms with Crippen molar-refractivity contribution in [1.82, 2.24) is 14.9 Å². The van der Waals surface area contributed by atoms with Crippen LogP contribution in [0.4, 0.5) is 5.69 Å². The number of rotatable bonds is 5. The lowest BCUT2D eigenvalue weighted by Crippen LogP contribution is -2.40. The van der Waals surface area contributed by atoms with E-state index in [1.54, 1.807) is 0 Å². The fourth-order valence-corrected chi connectivity index (χ4v) is 4.81. The van der Waals surface area contributed by atoms with Crippen LogP contribution in [0.1, 0.15) is 32.1 Å². The summed E-state index contributed by atoms with van der Waals surface area (Å²) in [5, 5.41) is 3.12. The number of piperidine rings is 1. The predicted molar refractivity (Wildman–Crippen MR) is 126 cm³/mol. The molecular weight excluding hydrogens is 384 g/mol. The molecule has 0 spiro atoms. The number of aromatic nitrogens is 2. The van der Waals surface area contributed by atoms with Crippen molar-refractivity contribution in [3.63, 3.8) is 0 Å². The van der Waals surface area contributed by atoms with E-state index in [1.807, 2.05) is 48.5 Å². The molecule has 5 nitrogen and oxygen atoms in total. The molecule has 0 bridgehead atoms. The number of carbonyl (C=O) groups excluding carboxylic acids is 1. The predicted octanol–water partition coefficient (Wildman–Crippen LogP) is 5.24. The van der Waals surface area contributed by atoms with E-state index >= 15 is 0 Å². The minimum atomic E-state index is 0.109. The Morgan fingerprint density at radius 3 is 2.58 bits per heavy atom. The molecule has 1 amide bonds. The Hall–Kier alpha value is -2.92. The number of likely N-dealkylation sites (tertiary alicyclic amines) is 1. The molecule has 31 heavy (non-hydrogen) atoms. The molecular formula is C26H30N4O. The van der Waals surface area contributed by atoms with E-state index in [2.05, 4.69) is 32.3 Å². The fourth-order valence-electron chi connectivity index (χ4n) is 4.81. The number of anilines is 1. The lowest BCUT2D eigenvalue weighted by atomic mass is 9.91. The molecule has 2 aromatic carbocycles. The van der Waals surface area contributed by atoms with Crippen LogP contribution in [0.15, 0.2) is 60.7 Å². The zero-order valence-electron chi connectivity index (χ0n) is 17.9. The molecule has 3 aromatic rings. The van der Waals surface area contributed by atoms with Gasteiger partial charge in [0, 0.05) is 23.7 Å². The van der Waals surface area contributed by atoms with Crippen molar-refractivity contribution in [3.05, 3.63) is 60.7 Å². The average Bonchev–Trinajstić information content (AvgIpc) is 3.25. The molecule has 5 rings (SSSR count). The Bertz CT molecular complexity index is 1030. The van der Waals surface area contributed by atoms with Gasteiger partial charge in [-0.25, -0.2) is 4.98 Å². The van der Waals surface area contributed by atoms with Gasteiger partial charge < -0.3 is 15.2 Å². The van der Waals surface area contributed by atoms with Crippen LogP contribution in [0, 0.1) is 11.8 Å².